The number of thiophene rings is 1. The van der Waals surface area contributed by atoms with Crippen molar-refractivity contribution in [2.45, 2.75) is 13.5 Å². The van der Waals surface area contributed by atoms with Gasteiger partial charge in [0.15, 0.2) is 0 Å². The van der Waals surface area contributed by atoms with E-state index < -0.39 is 0 Å². The number of carbonyl (C=O) groups excluding carboxylic acids is 1. The smallest absolute Gasteiger partial charge is 0.239 e. The molecule has 0 saturated heterocycles. The molecule has 0 aliphatic carbocycles. The van der Waals surface area contributed by atoms with E-state index in [0.29, 0.717) is 22.1 Å². The molecule has 1 aromatic carbocycles. The van der Waals surface area contributed by atoms with Crippen LogP contribution in [0.1, 0.15) is 18.1 Å². The predicted octanol–water partition coefficient (Wildman–Crippen LogP) is 3.73. The Morgan fingerprint density at radius 2 is 2.27 bits per heavy atom. The van der Waals surface area contributed by atoms with Crippen molar-refractivity contribution in [1.82, 2.24) is 4.90 Å². The van der Waals surface area contributed by atoms with Gasteiger partial charge in [-0.3, -0.25) is 9.69 Å². The fraction of sp³-hybridized carbons (Fsp3) is 0.250. The van der Waals surface area contributed by atoms with Gasteiger partial charge in [-0.05, 0) is 35.7 Å². The van der Waals surface area contributed by atoms with E-state index in [1.807, 2.05) is 36.1 Å². The summed E-state index contributed by atoms with van der Waals surface area (Å²) in [5.41, 5.74) is 1.56. The Kier molecular flexibility index (Phi) is 5.96. The first kappa shape index (κ1) is 16.5. The second-order valence-corrected chi connectivity index (χ2v) is 6.11. The van der Waals surface area contributed by atoms with Gasteiger partial charge in [-0.15, -0.1) is 11.3 Å². The number of nitrogens with zero attached hydrogens (tertiary/aromatic N) is 2. The first-order chi connectivity index (χ1) is 10.6. The number of rotatable bonds is 6. The topological polar surface area (TPSA) is 56.1 Å². The molecule has 22 heavy (non-hydrogen) atoms. The lowest BCUT2D eigenvalue weighted by Gasteiger charge is -2.19. The number of nitriles is 1. The summed E-state index contributed by atoms with van der Waals surface area (Å²) in [4.78, 5) is 14.1. The Hall–Kier alpha value is -1.87. The normalized spacial score (nSPS) is 10.5. The van der Waals surface area contributed by atoms with Gasteiger partial charge >= 0.3 is 0 Å². The van der Waals surface area contributed by atoms with Gasteiger partial charge in [-0.25, -0.2) is 0 Å². The minimum Gasteiger partial charge on any atom is -0.315 e. The number of benzene rings is 1. The molecule has 1 N–H and O–H groups in total. The van der Waals surface area contributed by atoms with Crippen LogP contribution in [0.3, 0.4) is 0 Å². The van der Waals surface area contributed by atoms with E-state index in [1.54, 1.807) is 11.4 Å². The summed E-state index contributed by atoms with van der Waals surface area (Å²) in [6.45, 7) is 3.67. The molecule has 0 aliphatic rings. The van der Waals surface area contributed by atoms with Crippen LogP contribution in [0.15, 0.2) is 35.7 Å². The van der Waals surface area contributed by atoms with Crippen LogP contribution in [-0.2, 0) is 11.3 Å². The van der Waals surface area contributed by atoms with Crippen LogP contribution >= 0.6 is 22.9 Å². The third-order valence-electron chi connectivity index (χ3n) is 3.15. The highest BCUT2D eigenvalue weighted by Gasteiger charge is 2.12. The molecule has 0 atom stereocenters. The highest BCUT2D eigenvalue weighted by Crippen LogP contribution is 2.22. The molecule has 2 aromatic rings. The van der Waals surface area contributed by atoms with E-state index in [1.165, 1.54) is 11.3 Å². The summed E-state index contributed by atoms with van der Waals surface area (Å²) in [7, 11) is 0. The van der Waals surface area contributed by atoms with Crippen LogP contribution in [0.2, 0.25) is 5.02 Å². The van der Waals surface area contributed by atoms with Crippen molar-refractivity contribution in [2.75, 3.05) is 18.4 Å². The zero-order valence-corrected chi connectivity index (χ0v) is 13.7. The van der Waals surface area contributed by atoms with Gasteiger partial charge in [-0.1, -0.05) is 30.7 Å². The molecule has 2 rings (SSSR count). The highest BCUT2D eigenvalue weighted by atomic mass is 35.5. The zero-order chi connectivity index (χ0) is 15.9. The number of hydrogen-bond acceptors (Lipinski definition) is 4. The van der Waals surface area contributed by atoms with Crippen LogP contribution in [0.25, 0.3) is 0 Å². The second kappa shape index (κ2) is 7.95. The van der Waals surface area contributed by atoms with E-state index in [0.717, 1.165) is 12.1 Å². The van der Waals surface area contributed by atoms with E-state index in [9.17, 15) is 4.79 Å². The lowest BCUT2D eigenvalue weighted by atomic mass is 10.2. The maximum absolute atomic E-state index is 12.1. The first-order valence-electron chi connectivity index (χ1n) is 6.86. The van der Waals surface area contributed by atoms with Gasteiger partial charge in [0.2, 0.25) is 5.91 Å². The Morgan fingerprint density at radius 3 is 2.95 bits per heavy atom. The number of halogens is 1. The summed E-state index contributed by atoms with van der Waals surface area (Å²) in [6, 6.07) is 11.4. The molecule has 0 radical (unpaired) electrons. The van der Waals surface area contributed by atoms with E-state index >= 15 is 0 Å². The monoisotopic (exact) mass is 333 g/mol. The van der Waals surface area contributed by atoms with Gasteiger partial charge in [0, 0.05) is 11.6 Å². The standard InChI is InChI=1S/C16H16ClN3OS/c1-2-20(10-12-4-3-5-14(17)8-12)11-15(21)19-16-13(9-18)6-7-22-16/h3-8H,2,10-11H2,1H3,(H,19,21). The number of carbonyl (C=O) groups is 1. The van der Waals surface area contributed by atoms with Gasteiger partial charge in [0.25, 0.3) is 0 Å². The second-order valence-electron chi connectivity index (χ2n) is 4.76. The molecule has 4 nitrogen and oxygen atoms in total. The molecule has 0 bridgehead atoms. The Balaban J connectivity index is 1.95. The minimum absolute atomic E-state index is 0.122. The quantitative estimate of drug-likeness (QED) is 0.876. The van der Waals surface area contributed by atoms with E-state index in [4.69, 9.17) is 16.9 Å². The number of anilines is 1. The Labute approximate surface area is 138 Å². The molecule has 114 valence electrons. The fourth-order valence-corrected chi connectivity index (χ4v) is 3.00. The largest absolute Gasteiger partial charge is 0.315 e. The SMILES string of the molecule is CCN(CC(=O)Nc1sccc1C#N)Cc1cccc(Cl)c1. The summed E-state index contributed by atoms with van der Waals surface area (Å²) >= 11 is 7.33. The third-order valence-corrected chi connectivity index (χ3v) is 4.21. The molecule has 6 heteroatoms. The summed E-state index contributed by atoms with van der Waals surface area (Å²) in [5, 5.41) is 14.8. The van der Waals surface area contributed by atoms with Crippen molar-refractivity contribution in [3.05, 3.63) is 51.9 Å². The van der Waals surface area contributed by atoms with Crippen molar-refractivity contribution >= 4 is 33.8 Å². The average Bonchev–Trinajstić information content (AvgIpc) is 2.93. The van der Waals surface area contributed by atoms with Crippen LogP contribution in [0.4, 0.5) is 5.00 Å². The number of amides is 1. The Morgan fingerprint density at radius 1 is 1.45 bits per heavy atom. The maximum atomic E-state index is 12.1. The van der Waals surface area contributed by atoms with Crippen molar-refractivity contribution in [3.8, 4) is 6.07 Å². The number of likely N-dealkylation sites (N-methyl/N-ethyl adjacent to an activating group) is 1. The molecule has 0 spiro atoms. The van der Waals surface area contributed by atoms with Crippen molar-refractivity contribution in [3.63, 3.8) is 0 Å². The molecule has 0 unspecified atom stereocenters. The lowest BCUT2D eigenvalue weighted by Crippen LogP contribution is -2.32. The Bertz CT molecular complexity index is 693. The molecule has 1 aromatic heterocycles. The molecular weight excluding hydrogens is 318 g/mol. The van der Waals surface area contributed by atoms with Gasteiger partial charge in [0.1, 0.15) is 11.1 Å². The van der Waals surface area contributed by atoms with Gasteiger partial charge in [-0.2, -0.15) is 5.26 Å². The molecule has 0 saturated carbocycles. The summed E-state index contributed by atoms with van der Waals surface area (Å²) < 4.78 is 0. The van der Waals surface area contributed by atoms with Crippen LogP contribution < -0.4 is 5.32 Å². The zero-order valence-electron chi connectivity index (χ0n) is 12.2. The molecule has 1 heterocycles. The number of nitrogens with one attached hydrogen (secondary N) is 1. The summed E-state index contributed by atoms with van der Waals surface area (Å²) in [6.07, 6.45) is 0. The molecule has 0 fully saturated rings. The van der Waals surface area contributed by atoms with Crippen LogP contribution in [0.5, 0.6) is 0 Å². The number of hydrogen-bond donors (Lipinski definition) is 1. The third kappa shape index (κ3) is 4.57. The van der Waals surface area contributed by atoms with Crippen molar-refractivity contribution in [2.24, 2.45) is 0 Å². The van der Waals surface area contributed by atoms with Gasteiger partial charge < -0.3 is 5.32 Å². The fourth-order valence-electron chi connectivity index (χ4n) is 2.04. The molecular formula is C16H16ClN3OS. The average molecular weight is 334 g/mol. The van der Waals surface area contributed by atoms with E-state index in [-0.39, 0.29) is 12.5 Å². The van der Waals surface area contributed by atoms with Crippen molar-refractivity contribution in [1.29, 1.82) is 5.26 Å². The predicted molar refractivity (Wildman–Crippen MR) is 90.1 cm³/mol. The van der Waals surface area contributed by atoms with Crippen LogP contribution in [-0.4, -0.2) is 23.9 Å². The van der Waals surface area contributed by atoms with Crippen molar-refractivity contribution < 1.29 is 4.79 Å². The maximum Gasteiger partial charge on any atom is 0.239 e. The van der Waals surface area contributed by atoms with Gasteiger partial charge in [0.05, 0.1) is 12.1 Å². The first-order valence-corrected chi connectivity index (χ1v) is 8.12. The van der Waals surface area contributed by atoms with E-state index in [2.05, 4.69) is 11.4 Å². The molecule has 0 aliphatic heterocycles. The highest BCUT2D eigenvalue weighted by molar-refractivity contribution is 7.14. The summed E-state index contributed by atoms with van der Waals surface area (Å²) in [5.74, 6) is -0.122. The lowest BCUT2D eigenvalue weighted by molar-refractivity contribution is -0.117. The van der Waals surface area contributed by atoms with Crippen LogP contribution in [0, 0.1) is 11.3 Å². The molecule has 1 amide bonds. The minimum atomic E-state index is -0.122.